The maximum Gasteiger partial charge on any atom is 0.253 e. The number of benzene rings is 1. The first-order chi connectivity index (χ1) is 15.3. The van der Waals surface area contributed by atoms with E-state index in [9.17, 15) is 22.0 Å². The smallest absolute Gasteiger partial charge is 0.253 e. The second-order valence-corrected chi connectivity index (χ2v) is 12.5. The molecule has 1 aliphatic carbocycles. The van der Waals surface area contributed by atoms with Crippen LogP contribution in [0.5, 0.6) is 0 Å². The maximum absolute atomic E-state index is 14.2. The highest BCUT2D eigenvalue weighted by atomic mass is 35.5. The van der Waals surface area contributed by atoms with E-state index in [1.54, 1.807) is 42.2 Å². The lowest BCUT2D eigenvalue weighted by Gasteiger charge is -2.57. The Morgan fingerprint density at radius 3 is 2.30 bits per heavy atom. The minimum atomic E-state index is -3.41. The van der Waals surface area contributed by atoms with Crippen molar-refractivity contribution in [2.24, 2.45) is 0 Å². The Balaban J connectivity index is 1.89. The van der Waals surface area contributed by atoms with Gasteiger partial charge in [-0.2, -0.15) is 4.31 Å². The molecule has 1 aliphatic heterocycles. The lowest BCUT2D eigenvalue weighted by Crippen LogP contribution is -2.74. The molecule has 1 heterocycles. The van der Waals surface area contributed by atoms with Gasteiger partial charge in [0, 0.05) is 44.6 Å². The molecule has 186 valence electrons. The van der Waals surface area contributed by atoms with Crippen molar-refractivity contribution in [1.29, 1.82) is 0 Å². The van der Waals surface area contributed by atoms with Crippen LogP contribution in [0.2, 0.25) is 0 Å². The minimum absolute atomic E-state index is 0.0323. The molecule has 1 aromatic carbocycles. The predicted octanol–water partition coefficient (Wildman–Crippen LogP) is 4.07. The Morgan fingerprint density at radius 1 is 1.15 bits per heavy atom. The second-order valence-electron chi connectivity index (χ2n) is 8.55. The highest BCUT2D eigenvalue weighted by Gasteiger charge is 2.63. The van der Waals surface area contributed by atoms with Gasteiger partial charge in [-0.05, 0) is 25.0 Å². The van der Waals surface area contributed by atoms with Gasteiger partial charge in [0.25, 0.3) is 5.91 Å². The summed E-state index contributed by atoms with van der Waals surface area (Å²) in [5, 5.41) is 1.40. The quantitative estimate of drug-likeness (QED) is 0.414. The third kappa shape index (κ3) is 5.59. The number of nitrogens with one attached hydrogen (secondary N) is 1. The number of carbonyl (C=O) groups excluding carboxylic acids is 1. The second kappa shape index (κ2) is 10.1. The summed E-state index contributed by atoms with van der Waals surface area (Å²) in [6.07, 6.45) is -0.848. The number of nitrogens with zero attached hydrogens (tertiary/aromatic N) is 2. The Labute approximate surface area is 208 Å². The third-order valence-corrected chi connectivity index (χ3v) is 9.81. The minimum Gasteiger partial charge on any atom is -0.319 e. The van der Waals surface area contributed by atoms with Gasteiger partial charge >= 0.3 is 0 Å². The van der Waals surface area contributed by atoms with E-state index >= 15 is 0 Å². The molecule has 1 saturated heterocycles. The molecule has 12 heteroatoms. The average Bonchev–Trinajstić information content (AvgIpc) is 2.73. The van der Waals surface area contributed by atoms with Gasteiger partial charge in [-0.15, -0.1) is 11.6 Å². The molecule has 2 fully saturated rings. The van der Waals surface area contributed by atoms with Crippen LogP contribution in [0.15, 0.2) is 30.3 Å². The van der Waals surface area contributed by atoms with Gasteiger partial charge in [0.1, 0.15) is 0 Å². The van der Waals surface area contributed by atoms with Crippen molar-refractivity contribution in [3.8, 4) is 0 Å². The lowest BCUT2D eigenvalue weighted by molar-refractivity contribution is -0.0904. The van der Waals surface area contributed by atoms with E-state index in [-0.39, 0.29) is 38.4 Å². The number of sulfonamides is 1. The fourth-order valence-electron chi connectivity index (χ4n) is 4.64. The van der Waals surface area contributed by atoms with Gasteiger partial charge in [-0.3, -0.25) is 9.69 Å². The maximum atomic E-state index is 14.2. The molecule has 2 aliphatic rings. The largest absolute Gasteiger partial charge is 0.319 e. The summed E-state index contributed by atoms with van der Waals surface area (Å²) in [5.74, 6) is -3.52. The number of carbonyl (C=O) groups is 1. The van der Waals surface area contributed by atoms with E-state index in [0.717, 1.165) is 0 Å². The Bertz CT molecular complexity index is 945. The number of hydrogen-bond acceptors (Lipinski definition) is 4. The molecule has 0 bridgehead atoms. The van der Waals surface area contributed by atoms with Crippen molar-refractivity contribution in [2.75, 3.05) is 31.9 Å². The van der Waals surface area contributed by atoms with Crippen LogP contribution in [0.1, 0.15) is 43.0 Å². The van der Waals surface area contributed by atoms with Gasteiger partial charge in [0.2, 0.25) is 20.4 Å². The molecule has 3 rings (SSSR count). The van der Waals surface area contributed by atoms with E-state index in [1.807, 2.05) is 0 Å². The molecule has 6 nitrogen and oxygen atoms in total. The van der Waals surface area contributed by atoms with Crippen molar-refractivity contribution < 1.29 is 22.0 Å². The number of amides is 1. The van der Waals surface area contributed by atoms with E-state index in [2.05, 4.69) is 5.32 Å². The van der Waals surface area contributed by atoms with Crippen molar-refractivity contribution in [3.05, 3.63) is 35.9 Å². The molecular weight excluding hydrogens is 519 g/mol. The summed E-state index contributed by atoms with van der Waals surface area (Å²) < 4.78 is 52.8. The lowest BCUT2D eigenvalue weighted by atomic mass is 9.76. The first-order valence-electron chi connectivity index (χ1n) is 10.8. The van der Waals surface area contributed by atoms with Crippen LogP contribution in [0.25, 0.3) is 0 Å². The molecular formula is C21H28Cl3F2N3O3S. The summed E-state index contributed by atoms with van der Waals surface area (Å²) in [5.41, 5.74) is -1.12. The number of halogens is 5. The molecule has 1 aromatic rings. The van der Waals surface area contributed by atoms with Crippen LogP contribution >= 0.6 is 34.8 Å². The monoisotopic (exact) mass is 545 g/mol. The standard InChI is InChI=1S/C21H28Cl3F2N3O3S/c1-2-14-33(31,32)29-12-10-28(11-13-29)20(9-8-19(25,26)15-17(20)22)21(23,24)27-18(30)16-6-4-3-5-7-16/h3-7,17H,2,8-15H2,1H3,(H,27,30). The van der Waals surface area contributed by atoms with Crippen LogP contribution < -0.4 is 5.32 Å². The zero-order valence-corrected chi connectivity index (χ0v) is 21.3. The molecule has 33 heavy (non-hydrogen) atoms. The van der Waals surface area contributed by atoms with Crippen LogP contribution in [-0.4, -0.2) is 76.8 Å². The van der Waals surface area contributed by atoms with Crippen LogP contribution in [0.3, 0.4) is 0 Å². The summed E-state index contributed by atoms with van der Waals surface area (Å²) in [4.78, 5) is 14.6. The summed E-state index contributed by atoms with van der Waals surface area (Å²) in [6, 6.07) is 8.26. The molecule has 0 spiro atoms. The normalized spacial score (nSPS) is 27.3. The molecule has 0 radical (unpaired) electrons. The van der Waals surface area contributed by atoms with Crippen molar-refractivity contribution >= 4 is 50.7 Å². The zero-order chi connectivity index (χ0) is 24.5. The molecule has 1 saturated carbocycles. The van der Waals surface area contributed by atoms with Crippen molar-refractivity contribution in [2.45, 2.75) is 53.9 Å². The number of alkyl halides is 5. The van der Waals surface area contributed by atoms with Gasteiger partial charge in [-0.1, -0.05) is 48.3 Å². The molecule has 2 atom stereocenters. The zero-order valence-electron chi connectivity index (χ0n) is 18.2. The highest BCUT2D eigenvalue weighted by molar-refractivity contribution is 7.89. The molecule has 1 amide bonds. The van der Waals surface area contributed by atoms with Crippen molar-refractivity contribution in [1.82, 2.24) is 14.5 Å². The van der Waals surface area contributed by atoms with E-state index in [1.165, 1.54) is 4.31 Å². The highest BCUT2D eigenvalue weighted by Crippen LogP contribution is 2.52. The number of piperazine rings is 1. The Kier molecular flexibility index (Phi) is 8.24. The molecule has 1 N–H and O–H groups in total. The van der Waals surface area contributed by atoms with Gasteiger partial charge < -0.3 is 5.32 Å². The summed E-state index contributed by atoms with van der Waals surface area (Å²) in [7, 11) is -3.41. The average molecular weight is 547 g/mol. The predicted molar refractivity (Wildman–Crippen MR) is 127 cm³/mol. The third-order valence-electron chi connectivity index (χ3n) is 6.38. The first kappa shape index (κ1) is 26.9. The van der Waals surface area contributed by atoms with Crippen LogP contribution in [0.4, 0.5) is 8.78 Å². The van der Waals surface area contributed by atoms with Crippen LogP contribution in [-0.2, 0) is 10.0 Å². The topological polar surface area (TPSA) is 69.7 Å². The van der Waals surface area contributed by atoms with Crippen molar-refractivity contribution in [3.63, 3.8) is 0 Å². The van der Waals surface area contributed by atoms with E-state index in [0.29, 0.717) is 12.0 Å². The van der Waals surface area contributed by atoms with Crippen LogP contribution in [0, 0.1) is 0 Å². The van der Waals surface area contributed by atoms with E-state index < -0.39 is 50.1 Å². The SMILES string of the molecule is CCCS(=O)(=O)N1CCN(C2(C(Cl)(Cl)NC(=O)c3ccccc3)CCC(F)(F)CC2Cl)CC1. The summed E-state index contributed by atoms with van der Waals surface area (Å²) >= 11 is 20.1. The fraction of sp³-hybridized carbons (Fsp3) is 0.667. The Hall–Kier alpha value is -0.710. The molecule has 2 unspecified atom stereocenters. The molecule has 0 aromatic heterocycles. The number of rotatable bonds is 7. The van der Waals surface area contributed by atoms with Gasteiger partial charge in [0.15, 0.2) is 0 Å². The van der Waals surface area contributed by atoms with Gasteiger partial charge in [0.05, 0.1) is 16.7 Å². The van der Waals surface area contributed by atoms with E-state index in [4.69, 9.17) is 34.8 Å². The number of hydrogen-bond donors (Lipinski definition) is 1. The van der Waals surface area contributed by atoms with Gasteiger partial charge in [-0.25, -0.2) is 17.2 Å². The fourth-order valence-corrected chi connectivity index (χ4v) is 7.74. The first-order valence-corrected chi connectivity index (χ1v) is 13.6. The summed E-state index contributed by atoms with van der Waals surface area (Å²) in [6.45, 7) is 2.48. The Morgan fingerprint density at radius 2 is 1.76 bits per heavy atom.